The maximum absolute atomic E-state index is 6.30. The molecule has 8 heteroatoms. The van der Waals surface area contributed by atoms with E-state index in [9.17, 15) is 0 Å². The predicted octanol–water partition coefficient (Wildman–Crippen LogP) is 4.54. The van der Waals surface area contributed by atoms with E-state index >= 15 is 0 Å². The normalized spacial score (nSPS) is 12.8. The fourth-order valence-electron chi connectivity index (χ4n) is 2.48. The summed E-state index contributed by atoms with van der Waals surface area (Å²) in [6.45, 7) is 0. The quantitative estimate of drug-likeness (QED) is 0.603. The zero-order valence-electron chi connectivity index (χ0n) is 13.2. The Bertz CT molecular complexity index is 944. The van der Waals surface area contributed by atoms with Crippen LogP contribution < -0.4 is 4.74 Å². The van der Waals surface area contributed by atoms with Gasteiger partial charge in [-0.15, -0.1) is 27.2 Å². The molecule has 128 valence electrons. The monoisotopic (exact) mass is 436 g/mol. The second-order valence-electron chi connectivity index (χ2n) is 5.17. The molecule has 0 N–H and O–H groups in total. The third-order valence-corrected chi connectivity index (χ3v) is 4.95. The molecule has 1 aromatic heterocycles. The standard InChI is InChI=1S/C17H13ClN4OS.BrH/c1-23-12-6-4-5-11(9-12)15-10-24-17-20-19-16(22(17)21-15)13-7-2-3-8-14(13)18;/h2-9H,10H2,1H3;1H. The molecule has 0 radical (unpaired) electrons. The van der Waals surface area contributed by atoms with Crippen molar-refractivity contribution in [3.05, 3.63) is 59.1 Å². The lowest BCUT2D eigenvalue weighted by Gasteiger charge is -2.14. The van der Waals surface area contributed by atoms with Crippen molar-refractivity contribution in [1.29, 1.82) is 0 Å². The van der Waals surface area contributed by atoms with Gasteiger partial charge in [-0.2, -0.15) is 9.78 Å². The predicted molar refractivity (Wildman–Crippen MR) is 106 cm³/mol. The maximum Gasteiger partial charge on any atom is 0.212 e. The summed E-state index contributed by atoms with van der Waals surface area (Å²) in [6, 6.07) is 15.4. The molecule has 25 heavy (non-hydrogen) atoms. The van der Waals surface area contributed by atoms with Crippen LogP contribution in [0.15, 0.2) is 58.8 Å². The van der Waals surface area contributed by atoms with Gasteiger partial charge in [0.2, 0.25) is 5.16 Å². The minimum Gasteiger partial charge on any atom is -0.497 e. The van der Waals surface area contributed by atoms with Gasteiger partial charge in [0.15, 0.2) is 5.82 Å². The summed E-state index contributed by atoms with van der Waals surface area (Å²) in [4.78, 5) is 0. The molecule has 4 rings (SSSR count). The smallest absolute Gasteiger partial charge is 0.212 e. The molecule has 0 atom stereocenters. The Labute approximate surface area is 164 Å². The Kier molecular flexibility index (Phi) is 5.46. The summed E-state index contributed by atoms with van der Waals surface area (Å²) in [6.07, 6.45) is 0. The maximum atomic E-state index is 6.30. The highest BCUT2D eigenvalue weighted by atomic mass is 79.9. The molecule has 0 bridgehead atoms. The first kappa shape index (κ1) is 18.0. The summed E-state index contributed by atoms with van der Waals surface area (Å²) in [5.41, 5.74) is 2.78. The Hall–Kier alpha value is -1.83. The van der Waals surface area contributed by atoms with Gasteiger partial charge in [-0.1, -0.05) is 47.6 Å². The number of aromatic nitrogens is 3. The number of halogens is 2. The first-order chi connectivity index (χ1) is 11.8. The number of benzene rings is 2. The molecule has 0 spiro atoms. The van der Waals surface area contributed by atoms with Gasteiger partial charge in [-0.25, -0.2) is 0 Å². The number of fused-ring (bicyclic) bond motifs is 1. The van der Waals surface area contributed by atoms with Crippen LogP contribution in [0.1, 0.15) is 5.56 Å². The molecule has 0 saturated heterocycles. The number of thioether (sulfide) groups is 1. The van der Waals surface area contributed by atoms with Crippen molar-refractivity contribution in [2.24, 2.45) is 5.10 Å². The Morgan fingerprint density at radius 2 is 1.96 bits per heavy atom. The van der Waals surface area contributed by atoms with Gasteiger partial charge in [0.1, 0.15) is 5.75 Å². The Balaban J connectivity index is 0.00000182. The summed E-state index contributed by atoms with van der Waals surface area (Å²) >= 11 is 7.90. The molecular weight excluding hydrogens is 424 g/mol. The van der Waals surface area contributed by atoms with E-state index in [1.54, 1.807) is 23.5 Å². The lowest BCUT2D eigenvalue weighted by molar-refractivity contribution is 0.414. The van der Waals surface area contributed by atoms with Crippen molar-refractivity contribution >= 4 is 46.1 Å². The number of methoxy groups -OCH3 is 1. The molecule has 0 fully saturated rings. The fraction of sp³-hybridized carbons (Fsp3) is 0.118. The molecule has 1 aliphatic rings. The van der Waals surface area contributed by atoms with Crippen molar-refractivity contribution in [2.75, 3.05) is 12.9 Å². The van der Waals surface area contributed by atoms with E-state index < -0.39 is 0 Å². The van der Waals surface area contributed by atoms with Gasteiger partial charge in [-0.3, -0.25) is 0 Å². The molecule has 1 aliphatic heterocycles. The van der Waals surface area contributed by atoms with Crippen molar-refractivity contribution in [3.8, 4) is 17.1 Å². The largest absolute Gasteiger partial charge is 0.497 e. The molecule has 2 heterocycles. The lowest BCUT2D eigenvalue weighted by atomic mass is 10.1. The van der Waals surface area contributed by atoms with Crippen LogP contribution in [0.5, 0.6) is 5.75 Å². The minimum absolute atomic E-state index is 0. The van der Waals surface area contributed by atoms with Crippen LogP contribution in [0.25, 0.3) is 11.4 Å². The first-order valence-corrected chi connectivity index (χ1v) is 8.68. The van der Waals surface area contributed by atoms with Crippen LogP contribution in [0.2, 0.25) is 5.02 Å². The zero-order valence-corrected chi connectivity index (χ0v) is 16.5. The van der Waals surface area contributed by atoms with E-state index in [-0.39, 0.29) is 17.0 Å². The average molecular weight is 438 g/mol. The van der Waals surface area contributed by atoms with Crippen LogP contribution in [0.3, 0.4) is 0 Å². The van der Waals surface area contributed by atoms with Crippen LogP contribution in [-0.2, 0) is 0 Å². The highest BCUT2D eigenvalue weighted by Crippen LogP contribution is 2.32. The first-order valence-electron chi connectivity index (χ1n) is 7.31. The van der Waals surface area contributed by atoms with Crippen LogP contribution >= 0.6 is 40.3 Å². The van der Waals surface area contributed by atoms with Crippen LogP contribution in [0, 0.1) is 0 Å². The summed E-state index contributed by atoms with van der Waals surface area (Å²) in [5.74, 6) is 2.18. The SMILES string of the molecule is Br.COc1cccc(C2=Nn3c(nnc3-c3ccccc3Cl)SC2)c1. The van der Waals surface area contributed by atoms with E-state index in [1.807, 2.05) is 48.5 Å². The summed E-state index contributed by atoms with van der Waals surface area (Å²) < 4.78 is 7.05. The summed E-state index contributed by atoms with van der Waals surface area (Å²) in [5, 5.41) is 14.6. The Morgan fingerprint density at radius 1 is 1.12 bits per heavy atom. The van der Waals surface area contributed by atoms with Gasteiger partial charge in [0.25, 0.3) is 0 Å². The average Bonchev–Trinajstić information content (AvgIpc) is 3.05. The summed E-state index contributed by atoms with van der Waals surface area (Å²) in [7, 11) is 1.66. The van der Waals surface area contributed by atoms with Gasteiger partial charge >= 0.3 is 0 Å². The lowest BCUT2D eigenvalue weighted by Crippen LogP contribution is -2.13. The topological polar surface area (TPSA) is 52.3 Å². The van der Waals surface area contributed by atoms with E-state index in [0.29, 0.717) is 10.8 Å². The zero-order chi connectivity index (χ0) is 16.5. The third kappa shape index (κ3) is 3.44. The number of ether oxygens (including phenoxy) is 1. The van der Waals surface area contributed by atoms with Crippen molar-refractivity contribution in [1.82, 2.24) is 14.9 Å². The third-order valence-electron chi connectivity index (χ3n) is 3.69. The second kappa shape index (κ2) is 7.59. The molecular formula is C17H14BrClN4OS. The highest BCUT2D eigenvalue weighted by molar-refractivity contribution is 8.93. The molecule has 0 amide bonds. The molecule has 0 saturated carbocycles. The molecule has 5 nitrogen and oxygen atoms in total. The van der Waals surface area contributed by atoms with Gasteiger partial charge in [0.05, 0.1) is 17.8 Å². The van der Waals surface area contributed by atoms with Crippen molar-refractivity contribution in [2.45, 2.75) is 5.16 Å². The number of rotatable bonds is 3. The van der Waals surface area contributed by atoms with Crippen LogP contribution in [0.4, 0.5) is 0 Å². The number of hydrogen-bond donors (Lipinski definition) is 0. The van der Waals surface area contributed by atoms with Crippen molar-refractivity contribution < 1.29 is 4.74 Å². The molecule has 0 aliphatic carbocycles. The minimum atomic E-state index is 0. The molecule has 0 unspecified atom stereocenters. The van der Waals surface area contributed by atoms with Gasteiger partial charge < -0.3 is 4.74 Å². The van der Waals surface area contributed by atoms with Gasteiger partial charge in [0, 0.05) is 16.9 Å². The van der Waals surface area contributed by atoms with E-state index in [2.05, 4.69) is 10.2 Å². The Morgan fingerprint density at radius 3 is 2.76 bits per heavy atom. The van der Waals surface area contributed by atoms with Crippen molar-refractivity contribution in [3.63, 3.8) is 0 Å². The number of nitrogens with zero attached hydrogens (tertiary/aromatic N) is 4. The second-order valence-corrected chi connectivity index (χ2v) is 6.51. The molecule has 3 aromatic rings. The van der Waals surface area contributed by atoms with E-state index in [4.69, 9.17) is 21.4 Å². The van der Waals surface area contributed by atoms with E-state index in [1.165, 1.54) is 0 Å². The fourth-order valence-corrected chi connectivity index (χ4v) is 3.54. The van der Waals surface area contributed by atoms with E-state index in [0.717, 1.165) is 33.5 Å². The number of hydrogen-bond acceptors (Lipinski definition) is 5. The highest BCUT2D eigenvalue weighted by Gasteiger charge is 2.21. The van der Waals surface area contributed by atoms with Gasteiger partial charge in [-0.05, 0) is 24.3 Å². The molecule has 2 aromatic carbocycles. The van der Waals surface area contributed by atoms with Crippen LogP contribution in [-0.4, -0.2) is 33.4 Å².